The lowest BCUT2D eigenvalue weighted by Gasteiger charge is -2.26. The number of aromatic amines is 1. The van der Waals surface area contributed by atoms with Crippen LogP contribution in [0.2, 0.25) is 0 Å². The number of H-pyrrole nitrogens is 1. The van der Waals surface area contributed by atoms with E-state index in [0.29, 0.717) is 0 Å². The minimum Gasteiger partial charge on any atom is -0.384 e. The van der Waals surface area contributed by atoms with Crippen LogP contribution in [0.25, 0.3) is 10.9 Å². The van der Waals surface area contributed by atoms with Crippen LogP contribution in [0.3, 0.4) is 0 Å². The van der Waals surface area contributed by atoms with Crippen LogP contribution >= 0.6 is 0 Å². The first-order chi connectivity index (χ1) is 8.83. The molecule has 0 aliphatic heterocycles. The second-order valence-electron chi connectivity index (χ2n) is 5.64. The van der Waals surface area contributed by atoms with Gasteiger partial charge in [0.2, 0.25) is 0 Å². The van der Waals surface area contributed by atoms with Crippen LogP contribution < -0.4 is 5.32 Å². The Labute approximate surface area is 108 Å². The summed E-state index contributed by atoms with van der Waals surface area (Å²) in [5, 5.41) is 11.9. The summed E-state index contributed by atoms with van der Waals surface area (Å²) in [5.41, 5.74) is 2.32. The van der Waals surface area contributed by atoms with Gasteiger partial charge in [-0.15, -0.1) is 0 Å². The second-order valence-corrected chi connectivity index (χ2v) is 5.64. The van der Waals surface area contributed by atoms with E-state index in [-0.39, 0.29) is 0 Å². The van der Waals surface area contributed by atoms with E-state index in [4.69, 9.17) is 0 Å². The lowest BCUT2D eigenvalue weighted by molar-refractivity contribution is 0.300. The van der Waals surface area contributed by atoms with Crippen LogP contribution in [-0.2, 0) is 0 Å². The van der Waals surface area contributed by atoms with Gasteiger partial charge >= 0.3 is 0 Å². The first kappa shape index (κ1) is 11.6. The predicted octanol–water partition coefficient (Wildman–Crippen LogP) is 3.80. The summed E-state index contributed by atoms with van der Waals surface area (Å²) in [5.74, 6) is 1.77. The Morgan fingerprint density at radius 2 is 2.11 bits per heavy atom. The molecule has 0 atom stereocenters. The molecule has 2 N–H and O–H groups in total. The zero-order valence-electron chi connectivity index (χ0n) is 10.9. The molecule has 0 unspecified atom stereocenters. The van der Waals surface area contributed by atoms with E-state index in [1.165, 1.54) is 36.8 Å². The summed E-state index contributed by atoms with van der Waals surface area (Å²) < 4.78 is 0. The van der Waals surface area contributed by atoms with Crippen molar-refractivity contribution in [2.24, 2.45) is 11.8 Å². The number of fused-ring (bicyclic) bond motifs is 1. The van der Waals surface area contributed by atoms with Gasteiger partial charge in [0, 0.05) is 17.6 Å². The third-order valence-electron chi connectivity index (χ3n) is 4.20. The van der Waals surface area contributed by atoms with E-state index in [9.17, 15) is 0 Å². The monoisotopic (exact) mass is 243 g/mol. The van der Waals surface area contributed by atoms with Crippen LogP contribution in [0.5, 0.6) is 0 Å². The van der Waals surface area contributed by atoms with E-state index >= 15 is 0 Å². The highest BCUT2D eigenvalue weighted by molar-refractivity contribution is 5.90. The number of aromatic nitrogens is 2. The number of rotatable bonds is 3. The fraction of sp³-hybridized carbons (Fsp3) is 0.533. The van der Waals surface area contributed by atoms with Crippen LogP contribution in [0.4, 0.5) is 5.69 Å². The van der Waals surface area contributed by atoms with Gasteiger partial charge < -0.3 is 5.32 Å². The summed E-state index contributed by atoms with van der Waals surface area (Å²) >= 11 is 0. The summed E-state index contributed by atoms with van der Waals surface area (Å²) in [4.78, 5) is 0. The maximum absolute atomic E-state index is 4.10. The molecule has 1 aliphatic carbocycles. The average molecular weight is 243 g/mol. The van der Waals surface area contributed by atoms with Gasteiger partial charge in [0.05, 0.1) is 11.7 Å². The molecule has 1 aliphatic rings. The van der Waals surface area contributed by atoms with Gasteiger partial charge in [0.25, 0.3) is 0 Å². The zero-order valence-corrected chi connectivity index (χ0v) is 10.9. The molecule has 1 aromatic carbocycles. The number of hydrogen-bond donors (Lipinski definition) is 2. The maximum Gasteiger partial charge on any atom is 0.0671 e. The van der Waals surface area contributed by atoms with Crippen molar-refractivity contribution in [3.63, 3.8) is 0 Å². The second kappa shape index (κ2) is 5.01. The van der Waals surface area contributed by atoms with Crippen molar-refractivity contribution >= 4 is 16.6 Å². The molecule has 3 nitrogen and oxygen atoms in total. The normalized spacial score (nSPS) is 24.3. The summed E-state index contributed by atoms with van der Waals surface area (Å²) in [6.45, 7) is 3.47. The molecule has 18 heavy (non-hydrogen) atoms. The van der Waals surface area contributed by atoms with E-state index in [1.807, 2.05) is 6.20 Å². The standard InChI is InChI=1S/C15H21N3/c1-11-5-7-12(8-6-11)9-16-14-3-2-4-15-13(14)10-17-18-15/h2-4,10-12,16H,5-9H2,1H3,(H,17,18). The number of anilines is 1. The Hall–Kier alpha value is -1.51. The number of benzene rings is 1. The SMILES string of the molecule is CC1CCC(CNc2cccc3[nH]ncc23)CC1. The Morgan fingerprint density at radius 3 is 2.94 bits per heavy atom. The van der Waals surface area contributed by atoms with Crippen molar-refractivity contribution < 1.29 is 0 Å². The smallest absolute Gasteiger partial charge is 0.0671 e. The van der Waals surface area contributed by atoms with Gasteiger partial charge in [-0.1, -0.05) is 25.8 Å². The lowest BCUT2D eigenvalue weighted by atomic mass is 9.83. The van der Waals surface area contributed by atoms with Crippen LogP contribution in [0.1, 0.15) is 32.6 Å². The summed E-state index contributed by atoms with van der Waals surface area (Å²) in [6.07, 6.45) is 7.43. The largest absolute Gasteiger partial charge is 0.384 e. The van der Waals surface area contributed by atoms with Crippen LogP contribution in [0.15, 0.2) is 24.4 Å². The Morgan fingerprint density at radius 1 is 1.28 bits per heavy atom. The molecule has 2 aromatic rings. The molecule has 96 valence electrons. The molecular weight excluding hydrogens is 222 g/mol. The number of nitrogens with one attached hydrogen (secondary N) is 2. The van der Waals surface area contributed by atoms with Gasteiger partial charge in [-0.2, -0.15) is 5.10 Å². The molecule has 1 heterocycles. The predicted molar refractivity (Wildman–Crippen MR) is 75.7 cm³/mol. The molecule has 0 spiro atoms. The minimum absolute atomic E-state index is 0.836. The first-order valence-corrected chi connectivity index (χ1v) is 6.99. The highest BCUT2D eigenvalue weighted by Crippen LogP contribution is 2.29. The van der Waals surface area contributed by atoms with Gasteiger partial charge in [0.1, 0.15) is 0 Å². The molecular formula is C15H21N3. The van der Waals surface area contributed by atoms with Crippen molar-refractivity contribution in [3.8, 4) is 0 Å². The fourth-order valence-corrected chi connectivity index (χ4v) is 2.91. The molecule has 0 bridgehead atoms. The van der Waals surface area contributed by atoms with Gasteiger partial charge in [-0.25, -0.2) is 0 Å². The van der Waals surface area contributed by atoms with Crippen molar-refractivity contribution in [1.82, 2.24) is 10.2 Å². The molecule has 1 aromatic heterocycles. The van der Waals surface area contributed by atoms with Crippen molar-refractivity contribution in [3.05, 3.63) is 24.4 Å². The lowest BCUT2D eigenvalue weighted by Crippen LogP contribution is -2.20. The quantitative estimate of drug-likeness (QED) is 0.860. The number of hydrogen-bond acceptors (Lipinski definition) is 2. The van der Waals surface area contributed by atoms with Crippen molar-refractivity contribution in [2.75, 3.05) is 11.9 Å². The number of nitrogens with zero attached hydrogens (tertiary/aromatic N) is 1. The summed E-state index contributed by atoms with van der Waals surface area (Å²) in [7, 11) is 0. The van der Waals surface area contributed by atoms with E-state index in [0.717, 1.165) is 23.9 Å². The van der Waals surface area contributed by atoms with Crippen molar-refractivity contribution in [1.29, 1.82) is 0 Å². The molecule has 0 amide bonds. The summed E-state index contributed by atoms with van der Waals surface area (Å²) in [6, 6.07) is 6.28. The molecule has 1 saturated carbocycles. The zero-order chi connectivity index (χ0) is 12.4. The van der Waals surface area contributed by atoms with Gasteiger partial charge in [-0.3, -0.25) is 5.10 Å². The van der Waals surface area contributed by atoms with Gasteiger partial charge in [0.15, 0.2) is 0 Å². The third-order valence-corrected chi connectivity index (χ3v) is 4.20. The van der Waals surface area contributed by atoms with E-state index < -0.39 is 0 Å². The van der Waals surface area contributed by atoms with E-state index in [2.05, 4.69) is 40.6 Å². The third kappa shape index (κ3) is 2.35. The van der Waals surface area contributed by atoms with Gasteiger partial charge in [-0.05, 0) is 36.8 Å². The van der Waals surface area contributed by atoms with Crippen LogP contribution in [-0.4, -0.2) is 16.7 Å². The maximum atomic E-state index is 4.10. The minimum atomic E-state index is 0.836. The molecule has 3 rings (SSSR count). The van der Waals surface area contributed by atoms with Crippen molar-refractivity contribution in [2.45, 2.75) is 32.6 Å². The highest BCUT2D eigenvalue weighted by atomic mass is 15.1. The fourth-order valence-electron chi connectivity index (χ4n) is 2.91. The topological polar surface area (TPSA) is 40.7 Å². The molecule has 0 saturated heterocycles. The Balaban J connectivity index is 1.64. The molecule has 1 fully saturated rings. The molecule has 0 radical (unpaired) electrons. The first-order valence-electron chi connectivity index (χ1n) is 6.99. The average Bonchev–Trinajstić information content (AvgIpc) is 2.87. The van der Waals surface area contributed by atoms with E-state index in [1.54, 1.807) is 0 Å². The Kier molecular flexibility index (Phi) is 3.22. The Bertz CT molecular complexity index is 509. The van der Waals surface area contributed by atoms with Crippen LogP contribution in [0, 0.1) is 11.8 Å². The highest BCUT2D eigenvalue weighted by Gasteiger charge is 2.18. The molecule has 3 heteroatoms.